The summed E-state index contributed by atoms with van der Waals surface area (Å²) in [6, 6.07) is 5.75. The maximum absolute atomic E-state index is 7.89. The van der Waals surface area contributed by atoms with Crippen LogP contribution < -0.4 is 0 Å². The SMILES string of the molecule is C=CC#N.CC(C)C#N.CC(C)C#N. The van der Waals surface area contributed by atoms with Gasteiger partial charge in [0.15, 0.2) is 0 Å². The first kappa shape index (κ1) is 18.1. The molecule has 0 heterocycles. The average molecular weight is 191 g/mol. The van der Waals surface area contributed by atoms with Gasteiger partial charge in [0.25, 0.3) is 0 Å². The van der Waals surface area contributed by atoms with Crippen molar-refractivity contribution in [3.8, 4) is 18.2 Å². The van der Waals surface area contributed by atoms with Crippen molar-refractivity contribution in [1.29, 1.82) is 15.8 Å². The van der Waals surface area contributed by atoms with Crippen LogP contribution in [0.25, 0.3) is 0 Å². The molecular formula is C11H17N3. The number of nitrogens with zero attached hydrogens (tertiary/aromatic N) is 3. The first-order chi connectivity index (χ1) is 6.45. The molecule has 0 spiro atoms. The minimum Gasteiger partial charge on any atom is -0.198 e. The summed E-state index contributed by atoms with van der Waals surface area (Å²) in [6.45, 7) is 10.6. The lowest BCUT2D eigenvalue weighted by atomic mass is 10.3. The van der Waals surface area contributed by atoms with E-state index in [0.717, 1.165) is 0 Å². The van der Waals surface area contributed by atoms with Crippen LogP contribution in [0.5, 0.6) is 0 Å². The largest absolute Gasteiger partial charge is 0.198 e. The summed E-state index contributed by atoms with van der Waals surface area (Å²) in [6.07, 6.45) is 1.18. The van der Waals surface area contributed by atoms with E-state index in [4.69, 9.17) is 15.8 Å². The summed E-state index contributed by atoms with van der Waals surface area (Å²) in [7, 11) is 0. The van der Waals surface area contributed by atoms with Gasteiger partial charge in [0.05, 0.1) is 18.2 Å². The molecule has 0 rings (SSSR count). The van der Waals surface area contributed by atoms with Gasteiger partial charge in [-0.3, -0.25) is 0 Å². The minimum atomic E-state index is 0.190. The maximum atomic E-state index is 7.89. The molecule has 3 heteroatoms. The Morgan fingerprint density at radius 3 is 1.07 bits per heavy atom. The van der Waals surface area contributed by atoms with E-state index in [1.807, 2.05) is 39.8 Å². The summed E-state index contributed by atoms with van der Waals surface area (Å²) in [5.41, 5.74) is 0. The zero-order valence-corrected chi connectivity index (χ0v) is 9.28. The summed E-state index contributed by atoms with van der Waals surface area (Å²) in [4.78, 5) is 0. The first-order valence-corrected chi connectivity index (χ1v) is 4.25. The third kappa shape index (κ3) is 84.0. The van der Waals surface area contributed by atoms with Crippen molar-refractivity contribution in [3.63, 3.8) is 0 Å². The highest BCUT2D eigenvalue weighted by molar-refractivity contribution is 4.93. The van der Waals surface area contributed by atoms with Crippen LogP contribution in [0.4, 0.5) is 0 Å². The van der Waals surface area contributed by atoms with Gasteiger partial charge in [-0.1, -0.05) is 6.58 Å². The lowest BCUT2D eigenvalue weighted by Crippen LogP contribution is -1.72. The molecule has 0 fully saturated rings. The Morgan fingerprint density at radius 2 is 1.07 bits per heavy atom. The van der Waals surface area contributed by atoms with Crippen molar-refractivity contribution in [1.82, 2.24) is 0 Å². The van der Waals surface area contributed by atoms with Gasteiger partial charge in [-0.15, -0.1) is 0 Å². The molecule has 3 nitrogen and oxygen atoms in total. The Hall–Kier alpha value is -1.79. The molecule has 0 radical (unpaired) electrons. The van der Waals surface area contributed by atoms with Crippen LogP contribution in [-0.2, 0) is 0 Å². The fourth-order valence-corrected chi connectivity index (χ4v) is 0. The molecule has 0 aliphatic rings. The number of hydrogen-bond donors (Lipinski definition) is 0. The third-order valence-corrected chi connectivity index (χ3v) is 0.608. The van der Waals surface area contributed by atoms with E-state index in [1.54, 1.807) is 6.07 Å². The zero-order chi connectivity index (χ0) is 12.0. The monoisotopic (exact) mass is 191 g/mol. The topological polar surface area (TPSA) is 71.4 Å². The Balaban J connectivity index is -0.000000131. The summed E-state index contributed by atoms with van der Waals surface area (Å²) in [5, 5.41) is 23.3. The quantitative estimate of drug-likeness (QED) is 0.552. The van der Waals surface area contributed by atoms with Gasteiger partial charge < -0.3 is 0 Å². The predicted molar refractivity (Wildman–Crippen MR) is 56.7 cm³/mol. The average Bonchev–Trinajstić information content (AvgIpc) is 2.19. The van der Waals surface area contributed by atoms with Gasteiger partial charge in [-0.25, -0.2) is 0 Å². The van der Waals surface area contributed by atoms with E-state index in [1.165, 1.54) is 6.08 Å². The summed E-state index contributed by atoms with van der Waals surface area (Å²) < 4.78 is 0. The molecule has 0 N–H and O–H groups in total. The number of allylic oxidation sites excluding steroid dienone is 1. The van der Waals surface area contributed by atoms with Crippen molar-refractivity contribution in [2.24, 2.45) is 11.8 Å². The van der Waals surface area contributed by atoms with Crippen LogP contribution in [-0.4, -0.2) is 0 Å². The van der Waals surface area contributed by atoms with Gasteiger partial charge in [0.2, 0.25) is 0 Å². The Bertz CT molecular complexity index is 215. The Kier molecular flexibility index (Phi) is 22.4. The molecule has 0 saturated heterocycles. The van der Waals surface area contributed by atoms with Gasteiger partial charge in [-0.05, 0) is 27.7 Å². The molecule has 0 aromatic carbocycles. The maximum Gasteiger partial charge on any atom is 0.0905 e. The molecule has 0 aliphatic carbocycles. The van der Waals surface area contributed by atoms with Gasteiger partial charge in [0.1, 0.15) is 0 Å². The zero-order valence-electron chi connectivity index (χ0n) is 9.28. The van der Waals surface area contributed by atoms with Crippen LogP contribution in [0.15, 0.2) is 12.7 Å². The number of hydrogen-bond acceptors (Lipinski definition) is 3. The second-order valence-electron chi connectivity index (χ2n) is 2.90. The standard InChI is InChI=1S/2C4H7N.C3H3N/c2*1-4(2)3-5;1-2-3-4/h2*4H,1-2H3;2H,1H2. The normalized spacial score (nSPS) is 6.50. The van der Waals surface area contributed by atoms with E-state index in [-0.39, 0.29) is 11.8 Å². The fourth-order valence-electron chi connectivity index (χ4n) is 0. The van der Waals surface area contributed by atoms with Crippen LogP contribution in [0.3, 0.4) is 0 Å². The van der Waals surface area contributed by atoms with E-state index in [9.17, 15) is 0 Å². The molecule has 0 aliphatic heterocycles. The van der Waals surface area contributed by atoms with Crippen LogP contribution >= 0.6 is 0 Å². The first-order valence-electron chi connectivity index (χ1n) is 4.25. The molecular weight excluding hydrogens is 174 g/mol. The molecule has 76 valence electrons. The predicted octanol–water partition coefficient (Wildman–Crippen LogP) is 3.03. The Morgan fingerprint density at radius 1 is 0.929 bits per heavy atom. The van der Waals surface area contributed by atoms with Crippen molar-refractivity contribution in [2.45, 2.75) is 27.7 Å². The van der Waals surface area contributed by atoms with E-state index >= 15 is 0 Å². The van der Waals surface area contributed by atoms with Crippen molar-refractivity contribution < 1.29 is 0 Å². The lowest BCUT2D eigenvalue weighted by Gasteiger charge is -1.75. The van der Waals surface area contributed by atoms with Gasteiger partial charge in [-0.2, -0.15) is 15.8 Å². The van der Waals surface area contributed by atoms with Crippen molar-refractivity contribution in [3.05, 3.63) is 12.7 Å². The van der Waals surface area contributed by atoms with Crippen molar-refractivity contribution >= 4 is 0 Å². The van der Waals surface area contributed by atoms with Crippen LogP contribution in [0.2, 0.25) is 0 Å². The van der Waals surface area contributed by atoms with E-state index < -0.39 is 0 Å². The molecule has 0 aromatic rings. The third-order valence-electron chi connectivity index (χ3n) is 0.608. The Labute approximate surface area is 86.9 Å². The molecule has 0 bridgehead atoms. The molecule has 0 aromatic heterocycles. The summed E-state index contributed by atoms with van der Waals surface area (Å²) in [5.74, 6) is 0.380. The van der Waals surface area contributed by atoms with Crippen LogP contribution in [0.1, 0.15) is 27.7 Å². The van der Waals surface area contributed by atoms with E-state index in [2.05, 4.69) is 6.58 Å². The second kappa shape index (κ2) is 17.3. The highest BCUT2D eigenvalue weighted by Crippen LogP contribution is 1.82. The molecule has 0 saturated carbocycles. The molecule has 0 unspecified atom stereocenters. The molecule has 0 amide bonds. The van der Waals surface area contributed by atoms with Crippen molar-refractivity contribution in [2.75, 3.05) is 0 Å². The summed E-state index contributed by atoms with van der Waals surface area (Å²) >= 11 is 0. The van der Waals surface area contributed by atoms with Gasteiger partial charge in [0, 0.05) is 17.9 Å². The van der Waals surface area contributed by atoms with Gasteiger partial charge >= 0.3 is 0 Å². The fraction of sp³-hybridized carbons (Fsp3) is 0.545. The minimum absolute atomic E-state index is 0.190. The van der Waals surface area contributed by atoms with Crippen LogP contribution in [0, 0.1) is 45.8 Å². The molecule has 0 atom stereocenters. The highest BCUT2D eigenvalue weighted by atomic mass is 14.2. The number of rotatable bonds is 0. The lowest BCUT2D eigenvalue weighted by molar-refractivity contribution is 0.849. The number of nitriles is 3. The van der Waals surface area contributed by atoms with E-state index in [0.29, 0.717) is 0 Å². The second-order valence-corrected chi connectivity index (χ2v) is 2.90. The smallest absolute Gasteiger partial charge is 0.0905 e. The highest BCUT2D eigenvalue weighted by Gasteiger charge is 1.79. The molecule has 14 heavy (non-hydrogen) atoms.